The molecule has 0 radical (unpaired) electrons. The van der Waals surface area contributed by atoms with Crippen LogP contribution in [-0.2, 0) is 28.5 Å². The molecule has 0 aromatic carbocycles. The molecule has 4 aliphatic carbocycles. The van der Waals surface area contributed by atoms with Gasteiger partial charge in [0, 0.05) is 12.8 Å². The van der Waals surface area contributed by atoms with Crippen LogP contribution in [0.1, 0.15) is 72.1 Å². The van der Waals surface area contributed by atoms with E-state index in [1.165, 1.54) is 19.8 Å². The lowest BCUT2D eigenvalue weighted by molar-refractivity contribution is -0.308. The summed E-state index contributed by atoms with van der Waals surface area (Å²) in [6, 6.07) is 0. The van der Waals surface area contributed by atoms with Crippen molar-refractivity contribution in [3.8, 4) is 0 Å². The third kappa shape index (κ3) is 4.38. The number of allylic oxidation sites excluding steroid dienone is 2. The molecule has 8 heteroatoms. The molecule has 5 aliphatic rings. The highest BCUT2D eigenvalue weighted by atomic mass is 16.7. The smallest absolute Gasteiger partial charge is 0.303 e. The lowest BCUT2D eigenvalue weighted by Gasteiger charge is -2.57. The number of ether oxygens (including phenoxy) is 4. The van der Waals surface area contributed by atoms with Gasteiger partial charge >= 0.3 is 5.97 Å². The number of rotatable bonds is 6. The van der Waals surface area contributed by atoms with Crippen LogP contribution in [0.15, 0.2) is 24.3 Å². The average molecular weight is 519 g/mol. The maximum Gasteiger partial charge on any atom is 0.303 e. The molecule has 206 valence electrons. The molecule has 1 heterocycles. The summed E-state index contributed by atoms with van der Waals surface area (Å²) in [6.07, 6.45) is 6.28. The van der Waals surface area contributed by atoms with Crippen molar-refractivity contribution in [1.29, 1.82) is 0 Å². The monoisotopic (exact) mass is 518 g/mol. The summed E-state index contributed by atoms with van der Waals surface area (Å²) in [5, 5.41) is 21.2. The van der Waals surface area contributed by atoms with Crippen LogP contribution >= 0.6 is 0 Å². The summed E-state index contributed by atoms with van der Waals surface area (Å²) in [6.45, 7) is 10.1. The molecular weight excluding hydrogens is 476 g/mol. The van der Waals surface area contributed by atoms with Crippen LogP contribution in [0.5, 0.6) is 0 Å². The van der Waals surface area contributed by atoms with E-state index < -0.39 is 42.3 Å². The van der Waals surface area contributed by atoms with Gasteiger partial charge in [-0.3, -0.25) is 9.59 Å². The van der Waals surface area contributed by atoms with Crippen molar-refractivity contribution in [1.82, 2.24) is 0 Å². The van der Waals surface area contributed by atoms with Crippen LogP contribution < -0.4 is 0 Å². The summed E-state index contributed by atoms with van der Waals surface area (Å²) in [4.78, 5) is 23.3. The van der Waals surface area contributed by atoms with Gasteiger partial charge in [-0.05, 0) is 87.0 Å². The van der Waals surface area contributed by atoms with Crippen molar-refractivity contribution in [3.05, 3.63) is 24.3 Å². The maximum atomic E-state index is 11.8. The van der Waals surface area contributed by atoms with Gasteiger partial charge < -0.3 is 29.2 Å². The fraction of sp³-hybridized carbons (Fsp3) is 0.793. The van der Waals surface area contributed by atoms with Gasteiger partial charge in [0.15, 0.2) is 12.4 Å². The third-order valence-electron chi connectivity index (χ3n) is 10.5. The van der Waals surface area contributed by atoms with Crippen molar-refractivity contribution in [3.63, 3.8) is 0 Å². The zero-order valence-corrected chi connectivity index (χ0v) is 22.2. The standard InChI is InChI=1S/C29H42O8/c1-5-18-7-9-22-21-8-6-19-14-20(10-13-29(19,34-15-30)23(21)11-12-28(18,22)4)37-27-25(33)26(36-17(3)31)24(32)16(2)35-27/h5-6,15-16,18,20-27,32-33H,1,7-14H2,2-4H3/t16-,18-,20-,21-,22-,23-,24+,25-,26+,27-,28+,29+/m0/s1. The Kier molecular flexibility index (Phi) is 7.33. The van der Waals surface area contributed by atoms with Crippen molar-refractivity contribution >= 4 is 12.4 Å². The van der Waals surface area contributed by atoms with E-state index in [2.05, 4.69) is 25.7 Å². The Bertz CT molecular complexity index is 933. The minimum atomic E-state index is -1.31. The number of fused-ring (bicyclic) bond motifs is 5. The van der Waals surface area contributed by atoms with Gasteiger partial charge in [-0.25, -0.2) is 0 Å². The first-order valence-corrected chi connectivity index (χ1v) is 13.9. The Balaban J connectivity index is 1.33. The molecule has 0 bridgehead atoms. The molecule has 3 saturated carbocycles. The Hall–Kier alpha value is -1.74. The zero-order valence-electron chi connectivity index (χ0n) is 22.2. The van der Waals surface area contributed by atoms with Gasteiger partial charge in [0.2, 0.25) is 0 Å². The molecule has 0 spiro atoms. The van der Waals surface area contributed by atoms with E-state index in [9.17, 15) is 19.8 Å². The van der Waals surface area contributed by atoms with Gasteiger partial charge in [-0.1, -0.05) is 19.1 Å². The number of carbonyl (C=O) groups is 2. The molecule has 0 aromatic rings. The van der Waals surface area contributed by atoms with Crippen LogP contribution in [-0.4, -0.2) is 65.1 Å². The SMILES string of the molecule is C=C[C@H]1CC[C@H]2[C@@H]3CC=C4C[C@@H](O[C@@H]5O[C@@H](C)[C@@H](O)[C@@H](OC(C)=O)[C@@H]5O)CC[C@]4(OC=O)[C@H]3CC[C@]12C. The van der Waals surface area contributed by atoms with Gasteiger partial charge in [0.05, 0.1) is 12.2 Å². The van der Waals surface area contributed by atoms with Gasteiger partial charge in [-0.2, -0.15) is 0 Å². The van der Waals surface area contributed by atoms with E-state index in [0.717, 1.165) is 24.8 Å². The number of aliphatic hydroxyl groups excluding tert-OH is 2. The largest absolute Gasteiger partial charge is 0.457 e. The quantitative estimate of drug-likeness (QED) is 0.313. The molecule has 5 rings (SSSR count). The molecule has 1 aliphatic heterocycles. The van der Waals surface area contributed by atoms with Crippen LogP contribution in [0, 0.1) is 29.1 Å². The van der Waals surface area contributed by atoms with E-state index in [0.29, 0.717) is 49.4 Å². The second-order valence-electron chi connectivity index (χ2n) is 12.2. The predicted octanol–water partition coefficient (Wildman–Crippen LogP) is 3.44. The molecule has 4 fully saturated rings. The van der Waals surface area contributed by atoms with Crippen molar-refractivity contribution in [2.24, 2.45) is 29.1 Å². The highest BCUT2D eigenvalue weighted by Gasteiger charge is 2.61. The number of carbonyl (C=O) groups excluding carboxylic acids is 2. The average Bonchev–Trinajstić information content (AvgIpc) is 3.21. The fourth-order valence-electron chi connectivity index (χ4n) is 8.69. The van der Waals surface area contributed by atoms with Crippen LogP contribution in [0.3, 0.4) is 0 Å². The van der Waals surface area contributed by atoms with Crippen LogP contribution in [0.4, 0.5) is 0 Å². The van der Waals surface area contributed by atoms with E-state index >= 15 is 0 Å². The minimum Gasteiger partial charge on any atom is -0.457 e. The number of aliphatic hydroxyl groups is 2. The minimum absolute atomic E-state index is 0.253. The molecule has 2 N–H and O–H groups in total. The highest BCUT2D eigenvalue weighted by Crippen LogP contribution is 2.65. The molecule has 0 unspecified atom stereocenters. The van der Waals surface area contributed by atoms with E-state index in [1.54, 1.807) is 6.92 Å². The number of esters is 1. The van der Waals surface area contributed by atoms with Crippen LogP contribution in [0.25, 0.3) is 0 Å². The number of hydrogen-bond donors (Lipinski definition) is 2. The topological polar surface area (TPSA) is 112 Å². The summed E-state index contributed by atoms with van der Waals surface area (Å²) >= 11 is 0. The summed E-state index contributed by atoms with van der Waals surface area (Å²) in [5.41, 5.74) is 0.771. The lowest BCUT2D eigenvalue weighted by atomic mass is 9.50. The summed E-state index contributed by atoms with van der Waals surface area (Å²) in [7, 11) is 0. The second-order valence-corrected chi connectivity index (χ2v) is 12.2. The van der Waals surface area contributed by atoms with Crippen LogP contribution in [0.2, 0.25) is 0 Å². The Labute approximate surface area is 219 Å². The summed E-state index contributed by atoms with van der Waals surface area (Å²) in [5.74, 6) is 1.34. The van der Waals surface area contributed by atoms with E-state index in [4.69, 9.17) is 18.9 Å². The van der Waals surface area contributed by atoms with E-state index in [-0.39, 0.29) is 11.5 Å². The van der Waals surface area contributed by atoms with Crippen molar-refractivity contribution < 1.29 is 38.7 Å². The normalized spacial score (nSPS) is 49.1. The lowest BCUT2D eigenvalue weighted by Crippen LogP contribution is -2.60. The first kappa shape index (κ1) is 26.9. The first-order chi connectivity index (χ1) is 17.6. The van der Waals surface area contributed by atoms with E-state index in [1.807, 2.05) is 0 Å². The zero-order chi connectivity index (χ0) is 26.5. The van der Waals surface area contributed by atoms with Gasteiger partial charge in [0.1, 0.15) is 17.8 Å². The molecule has 37 heavy (non-hydrogen) atoms. The molecular formula is C29H42O8. The second kappa shape index (κ2) is 10.1. The molecule has 0 amide bonds. The van der Waals surface area contributed by atoms with Gasteiger partial charge in [0.25, 0.3) is 6.47 Å². The maximum absolute atomic E-state index is 11.8. The molecule has 1 saturated heterocycles. The first-order valence-electron chi connectivity index (χ1n) is 13.9. The Morgan fingerprint density at radius 3 is 2.65 bits per heavy atom. The van der Waals surface area contributed by atoms with Crippen molar-refractivity contribution in [2.75, 3.05) is 0 Å². The summed E-state index contributed by atoms with van der Waals surface area (Å²) < 4.78 is 23.2. The molecule has 12 atom stereocenters. The number of hydrogen-bond acceptors (Lipinski definition) is 8. The molecule has 8 nitrogen and oxygen atoms in total. The van der Waals surface area contributed by atoms with Crippen molar-refractivity contribution in [2.45, 2.75) is 115 Å². The fourth-order valence-corrected chi connectivity index (χ4v) is 8.69. The highest BCUT2D eigenvalue weighted by molar-refractivity contribution is 5.66. The Morgan fingerprint density at radius 1 is 1.16 bits per heavy atom. The van der Waals surface area contributed by atoms with Gasteiger partial charge in [-0.15, -0.1) is 6.58 Å². The Morgan fingerprint density at radius 2 is 1.95 bits per heavy atom. The molecule has 0 aromatic heterocycles. The third-order valence-corrected chi connectivity index (χ3v) is 10.5. The predicted molar refractivity (Wildman–Crippen MR) is 134 cm³/mol.